The van der Waals surface area contributed by atoms with Gasteiger partial charge >= 0.3 is 0 Å². The molecule has 0 bridgehead atoms. The first kappa shape index (κ1) is 20.8. The first-order chi connectivity index (χ1) is 13.4. The Bertz CT molecular complexity index is 900. The minimum Gasteiger partial charge on any atom is -0.396 e. The first-order valence-corrected chi connectivity index (χ1v) is 9.59. The SMILES string of the molecule is O=C(NC(=S)NC1(c2cc(Br)c(F)cc2F)COCC1CO)c1ccccc1. The van der Waals surface area contributed by atoms with Crippen molar-refractivity contribution < 1.29 is 23.4 Å². The second-order valence-electron chi connectivity index (χ2n) is 6.39. The van der Waals surface area contributed by atoms with E-state index in [0.29, 0.717) is 5.56 Å². The summed E-state index contributed by atoms with van der Waals surface area (Å²) < 4.78 is 33.9. The summed E-state index contributed by atoms with van der Waals surface area (Å²) in [7, 11) is 0. The van der Waals surface area contributed by atoms with Crippen molar-refractivity contribution in [1.82, 2.24) is 10.6 Å². The number of aliphatic hydroxyl groups is 1. The fourth-order valence-corrected chi connectivity index (χ4v) is 3.82. The van der Waals surface area contributed by atoms with Gasteiger partial charge in [0.2, 0.25) is 0 Å². The van der Waals surface area contributed by atoms with Crippen LogP contribution in [0.2, 0.25) is 0 Å². The molecule has 28 heavy (non-hydrogen) atoms. The summed E-state index contributed by atoms with van der Waals surface area (Å²) in [6.07, 6.45) is 0. The van der Waals surface area contributed by atoms with Crippen molar-refractivity contribution in [2.45, 2.75) is 5.54 Å². The number of carbonyl (C=O) groups excluding carboxylic acids is 1. The number of thiocarbonyl (C=S) groups is 1. The third-order valence-electron chi connectivity index (χ3n) is 4.66. The number of hydrogen-bond acceptors (Lipinski definition) is 4. The van der Waals surface area contributed by atoms with Crippen LogP contribution in [0.5, 0.6) is 0 Å². The zero-order valence-corrected chi connectivity index (χ0v) is 16.9. The van der Waals surface area contributed by atoms with Crippen LogP contribution >= 0.6 is 28.1 Å². The topological polar surface area (TPSA) is 70.6 Å². The summed E-state index contributed by atoms with van der Waals surface area (Å²) in [4.78, 5) is 12.3. The lowest BCUT2D eigenvalue weighted by atomic mass is 9.80. The molecule has 1 fully saturated rings. The molecular formula is C19H17BrF2N2O3S. The van der Waals surface area contributed by atoms with Crippen LogP contribution < -0.4 is 10.6 Å². The highest BCUT2D eigenvalue weighted by molar-refractivity contribution is 9.10. The number of halogens is 3. The van der Waals surface area contributed by atoms with Gasteiger partial charge in [0.1, 0.15) is 11.6 Å². The second-order valence-corrected chi connectivity index (χ2v) is 7.65. The van der Waals surface area contributed by atoms with E-state index >= 15 is 0 Å². The van der Waals surface area contributed by atoms with Crippen molar-refractivity contribution in [3.05, 3.63) is 69.7 Å². The molecule has 0 aromatic heterocycles. The predicted molar refractivity (Wildman–Crippen MR) is 107 cm³/mol. The van der Waals surface area contributed by atoms with Crippen LogP contribution in [0.15, 0.2) is 46.9 Å². The van der Waals surface area contributed by atoms with Gasteiger partial charge in [-0.05, 0) is 46.3 Å². The highest BCUT2D eigenvalue weighted by Gasteiger charge is 2.48. The average Bonchev–Trinajstić information content (AvgIpc) is 3.08. The Morgan fingerprint density at radius 1 is 1.29 bits per heavy atom. The number of benzene rings is 2. The molecule has 1 heterocycles. The molecule has 1 aliphatic rings. The number of ether oxygens (including phenoxy) is 1. The van der Waals surface area contributed by atoms with Crippen LogP contribution in [0, 0.1) is 17.6 Å². The lowest BCUT2D eigenvalue weighted by Gasteiger charge is -2.36. The van der Waals surface area contributed by atoms with Gasteiger partial charge in [-0.1, -0.05) is 18.2 Å². The van der Waals surface area contributed by atoms with Crippen molar-refractivity contribution in [2.75, 3.05) is 19.8 Å². The summed E-state index contributed by atoms with van der Waals surface area (Å²) in [5.41, 5.74) is -0.790. The van der Waals surface area contributed by atoms with Crippen molar-refractivity contribution in [3.63, 3.8) is 0 Å². The molecule has 1 amide bonds. The molecule has 2 atom stereocenters. The largest absolute Gasteiger partial charge is 0.396 e. The van der Waals surface area contributed by atoms with Crippen LogP contribution in [-0.4, -0.2) is 35.9 Å². The molecule has 2 aromatic carbocycles. The summed E-state index contributed by atoms with van der Waals surface area (Å²) in [6.45, 7) is -0.196. The van der Waals surface area contributed by atoms with E-state index in [1.54, 1.807) is 30.3 Å². The average molecular weight is 471 g/mol. The Morgan fingerprint density at radius 2 is 2.00 bits per heavy atom. The molecule has 2 aromatic rings. The summed E-state index contributed by atoms with van der Waals surface area (Å²) in [5.74, 6) is -2.57. The van der Waals surface area contributed by atoms with E-state index in [2.05, 4.69) is 26.6 Å². The van der Waals surface area contributed by atoms with Gasteiger partial charge in [-0.25, -0.2) is 8.78 Å². The molecule has 0 radical (unpaired) electrons. The molecule has 3 rings (SSSR count). The molecule has 1 saturated heterocycles. The van der Waals surface area contributed by atoms with Gasteiger partial charge in [-0.15, -0.1) is 0 Å². The Labute approximate surface area is 174 Å². The molecular weight excluding hydrogens is 454 g/mol. The van der Waals surface area contributed by atoms with Crippen LogP contribution in [0.1, 0.15) is 15.9 Å². The van der Waals surface area contributed by atoms with Crippen LogP contribution in [-0.2, 0) is 10.3 Å². The van der Waals surface area contributed by atoms with Gasteiger partial charge in [0.25, 0.3) is 5.91 Å². The van der Waals surface area contributed by atoms with Crippen molar-refractivity contribution in [1.29, 1.82) is 0 Å². The highest BCUT2D eigenvalue weighted by atomic mass is 79.9. The third kappa shape index (κ3) is 4.07. The van der Waals surface area contributed by atoms with Crippen LogP contribution in [0.4, 0.5) is 8.78 Å². The zero-order valence-electron chi connectivity index (χ0n) is 14.5. The van der Waals surface area contributed by atoms with Crippen LogP contribution in [0.3, 0.4) is 0 Å². The van der Waals surface area contributed by atoms with E-state index in [1.165, 1.54) is 6.07 Å². The minimum absolute atomic E-state index is 0.0193. The van der Waals surface area contributed by atoms with E-state index < -0.39 is 29.0 Å². The summed E-state index contributed by atoms with van der Waals surface area (Å²) in [5, 5.41) is 15.2. The number of rotatable bonds is 4. The van der Waals surface area contributed by atoms with E-state index in [9.17, 15) is 18.7 Å². The Balaban J connectivity index is 1.90. The van der Waals surface area contributed by atoms with E-state index in [4.69, 9.17) is 17.0 Å². The zero-order chi connectivity index (χ0) is 20.3. The summed E-state index contributed by atoms with van der Waals surface area (Å²) >= 11 is 8.31. The van der Waals surface area contributed by atoms with Crippen molar-refractivity contribution in [2.24, 2.45) is 5.92 Å². The quantitative estimate of drug-likeness (QED) is 0.473. The van der Waals surface area contributed by atoms with Crippen molar-refractivity contribution >= 4 is 39.2 Å². The molecule has 0 spiro atoms. The first-order valence-electron chi connectivity index (χ1n) is 8.39. The molecule has 1 aliphatic heterocycles. The number of carbonyl (C=O) groups is 1. The van der Waals surface area contributed by atoms with Gasteiger partial charge in [0, 0.05) is 23.1 Å². The van der Waals surface area contributed by atoms with Crippen molar-refractivity contribution in [3.8, 4) is 0 Å². The third-order valence-corrected chi connectivity index (χ3v) is 5.47. The molecule has 0 aliphatic carbocycles. The molecule has 148 valence electrons. The standard InChI is InChI=1S/C19H17BrF2N2O3S/c20-14-6-13(15(21)7-16(14)22)19(10-27-9-12(19)8-25)24-18(28)23-17(26)11-4-2-1-3-5-11/h1-7,12,25H,8-10H2,(H2,23,24,26,28). The van der Waals surface area contributed by atoms with Gasteiger partial charge in [-0.2, -0.15) is 0 Å². The Morgan fingerprint density at radius 3 is 2.68 bits per heavy atom. The van der Waals surface area contributed by atoms with Gasteiger partial charge < -0.3 is 15.2 Å². The van der Waals surface area contributed by atoms with E-state index in [-0.39, 0.29) is 35.0 Å². The van der Waals surface area contributed by atoms with Crippen LogP contribution in [0.25, 0.3) is 0 Å². The number of aliphatic hydroxyl groups excluding tert-OH is 1. The van der Waals surface area contributed by atoms with Gasteiger partial charge in [-0.3, -0.25) is 10.1 Å². The number of hydrogen-bond donors (Lipinski definition) is 3. The molecule has 3 N–H and O–H groups in total. The number of nitrogens with one attached hydrogen (secondary N) is 2. The maximum absolute atomic E-state index is 14.6. The molecule has 5 nitrogen and oxygen atoms in total. The van der Waals surface area contributed by atoms with E-state index in [1.807, 2.05) is 0 Å². The lowest BCUT2D eigenvalue weighted by Crippen LogP contribution is -2.56. The normalized spacial score (nSPS) is 21.4. The fraction of sp³-hybridized carbons (Fsp3) is 0.263. The van der Waals surface area contributed by atoms with Gasteiger partial charge in [0.15, 0.2) is 5.11 Å². The minimum atomic E-state index is -1.27. The maximum Gasteiger partial charge on any atom is 0.257 e. The monoisotopic (exact) mass is 470 g/mol. The lowest BCUT2D eigenvalue weighted by molar-refractivity contribution is 0.0974. The highest BCUT2D eigenvalue weighted by Crippen LogP contribution is 2.38. The molecule has 9 heteroatoms. The Hall–Kier alpha value is -1.94. The smallest absolute Gasteiger partial charge is 0.257 e. The molecule has 2 unspecified atom stereocenters. The maximum atomic E-state index is 14.6. The predicted octanol–water partition coefficient (Wildman–Crippen LogP) is 2.87. The Kier molecular flexibility index (Phi) is 6.39. The summed E-state index contributed by atoms with van der Waals surface area (Å²) in [6, 6.07) is 10.5. The molecule has 0 saturated carbocycles. The fourth-order valence-electron chi connectivity index (χ4n) is 3.20. The number of amides is 1. The van der Waals surface area contributed by atoms with Gasteiger partial charge in [0.05, 0.1) is 29.8 Å². The second kappa shape index (κ2) is 8.60. The van der Waals surface area contributed by atoms with E-state index in [0.717, 1.165) is 6.07 Å².